The first-order chi connectivity index (χ1) is 9.95. The first kappa shape index (κ1) is 20.4. The van der Waals surface area contributed by atoms with E-state index in [1.807, 2.05) is 0 Å². The highest BCUT2D eigenvalue weighted by atomic mass is 79.9. The topological polar surface area (TPSA) is 0 Å². The van der Waals surface area contributed by atoms with Crippen molar-refractivity contribution in [3.05, 3.63) is 46.6 Å². The molecule has 0 nitrogen and oxygen atoms in total. The van der Waals surface area contributed by atoms with Gasteiger partial charge in [-0.1, -0.05) is 62.5 Å². The average molecular weight is 353 g/mol. The van der Waals surface area contributed by atoms with Crippen LogP contribution < -0.4 is 0 Å². The molecule has 0 aromatic carbocycles. The van der Waals surface area contributed by atoms with E-state index in [1.54, 1.807) is 0 Å². The maximum Gasteiger partial charge on any atom is 0.0214 e. The molecule has 0 bridgehead atoms. The summed E-state index contributed by atoms with van der Waals surface area (Å²) < 4.78 is 0. The minimum atomic E-state index is 0.971. The van der Waals surface area contributed by atoms with Gasteiger partial charge in [0.2, 0.25) is 0 Å². The smallest absolute Gasteiger partial charge is 0.0214 e. The molecular formula is C20H33Br. The van der Waals surface area contributed by atoms with Gasteiger partial charge in [0.15, 0.2) is 0 Å². The second kappa shape index (κ2) is 13.1. The Bertz CT molecular complexity index is 390. The molecule has 120 valence electrons. The highest BCUT2D eigenvalue weighted by Gasteiger charge is 1.93. The van der Waals surface area contributed by atoms with Crippen LogP contribution in [0.1, 0.15) is 73.1 Å². The monoisotopic (exact) mass is 352 g/mol. The Morgan fingerprint density at radius 1 is 0.619 bits per heavy atom. The van der Waals surface area contributed by atoms with Crippen molar-refractivity contribution >= 4 is 15.9 Å². The lowest BCUT2D eigenvalue weighted by atomic mass is 10.0. The van der Waals surface area contributed by atoms with Crippen LogP contribution in [0.2, 0.25) is 0 Å². The van der Waals surface area contributed by atoms with E-state index in [1.165, 1.54) is 60.8 Å². The summed E-state index contributed by atoms with van der Waals surface area (Å²) in [7, 11) is 0. The molecule has 1 heteroatoms. The zero-order chi connectivity index (χ0) is 16.1. The third kappa shape index (κ3) is 14.2. The molecule has 0 aromatic heterocycles. The highest BCUT2D eigenvalue weighted by molar-refractivity contribution is 9.09. The Kier molecular flexibility index (Phi) is 12.8. The molecule has 21 heavy (non-hydrogen) atoms. The molecule has 0 aromatic rings. The van der Waals surface area contributed by atoms with Crippen molar-refractivity contribution in [1.82, 2.24) is 0 Å². The molecule has 0 saturated carbocycles. The predicted octanol–water partition coefficient (Wildman–Crippen LogP) is 7.53. The molecule has 0 atom stereocenters. The summed E-state index contributed by atoms with van der Waals surface area (Å²) in [6, 6.07) is 0. The fraction of sp³-hybridized carbons (Fsp3) is 0.600. The van der Waals surface area contributed by atoms with E-state index >= 15 is 0 Å². The van der Waals surface area contributed by atoms with Crippen LogP contribution in [0.25, 0.3) is 0 Å². The zero-order valence-corrected chi connectivity index (χ0v) is 16.2. The molecule has 0 aliphatic heterocycles. The maximum absolute atomic E-state index is 3.44. The second-order valence-corrected chi connectivity index (χ2v) is 6.85. The second-order valence-electron chi connectivity index (χ2n) is 6.20. The number of allylic oxidation sites excluding steroid dienone is 8. The molecule has 0 unspecified atom stereocenters. The minimum absolute atomic E-state index is 0.971. The molecule has 0 heterocycles. The van der Waals surface area contributed by atoms with E-state index in [0.717, 1.165) is 5.33 Å². The van der Waals surface area contributed by atoms with Crippen molar-refractivity contribution in [3.63, 3.8) is 0 Å². The van der Waals surface area contributed by atoms with Gasteiger partial charge in [0.25, 0.3) is 0 Å². The van der Waals surface area contributed by atoms with Crippen LogP contribution in [0.5, 0.6) is 0 Å². The van der Waals surface area contributed by atoms with Crippen LogP contribution in [0, 0.1) is 0 Å². The van der Waals surface area contributed by atoms with E-state index < -0.39 is 0 Å². The van der Waals surface area contributed by atoms with Crippen LogP contribution in [0.4, 0.5) is 0 Å². The average Bonchev–Trinajstić information content (AvgIpc) is 2.38. The van der Waals surface area contributed by atoms with Gasteiger partial charge in [-0.15, -0.1) is 0 Å². The predicted molar refractivity (Wildman–Crippen MR) is 102 cm³/mol. The SMILES string of the molecule is CC(C)=CCCC(C)=CCCC(C)=CCCC(C)=CCBr. The summed E-state index contributed by atoms with van der Waals surface area (Å²) in [5, 5.41) is 0.971. The summed E-state index contributed by atoms with van der Waals surface area (Å²) in [5.41, 5.74) is 5.95. The Hall–Kier alpha value is -0.560. The first-order valence-electron chi connectivity index (χ1n) is 8.12. The van der Waals surface area contributed by atoms with Gasteiger partial charge in [-0.2, -0.15) is 0 Å². The van der Waals surface area contributed by atoms with Gasteiger partial charge in [-0.25, -0.2) is 0 Å². The Labute approximate surface area is 141 Å². The molecule has 0 amide bonds. The molecule has 0 saturated heterocycles. The third-order valence-electron chi connectivity index (χ3n) is 3.58. The lowest BCUT2D eigenvalue weighted by molar-refractivity contribution is 0.899. The van der Waals surface area contributed by atoms with Crippen LogP contribution >= 0.6 is 15.9 Å². The van der Waals surface area contributed by atoms with E-state index in [4.69, 9.17) is 0 Å². The van der Waals surface area contributed by atoms with Crippen LogP contribution in [0.3, 0.4) is 0 Å². The molecule has 0 N–H and O–H groups in total. The summed E-state index contributed by atoms with van der Waals surface area (Å²) in [6.07, 6.45) is 16.5. The fourth-order valence-corrected chi connectivity index (χ4v) is 2.67. The summed E-state index contributed by atoms with van der Waals surface area (Å²) in [4.78, 5) is 0. The maximum atomic E-state index is 3.44. The van der Waals surface area contributed by atoms with E-state index in [-0.39, 0.29) is 0 Å². The Morgan fingerprint density at radius 3 is 1.38 bits per heavy atom. The van der Waals surface area contributed by atoms with Crippen LogP contribution in [0.15, 0.2) is 46.6 Å². The Morgan fingerprint density at radius 2 is 1.00 bits per heavy atom. The number of alkyl halides is 1. The molecule has 0 spiro atoms. The molecule has 0 rings (SSSR count). The van der Waals surface area contributed by atoms with E-state index in [2.05, 4.69) is 74.9 Å². The van der Waals surface area contributed by atoms with Crippen molar-refractivity contribution in [1.29, 1.82) is 0 Å². The van der Waals surface area contributed by atoms with Gasteiger partial charge in [-0.3, -0.25) is 0 Å². The summed E-state index contributed by atoms with van der Waals surface area (Å²) >= 11 is 3.44. The molecular weight excluding hydrogens is 320 g/mol. The lowest BCUT2D eigenvalue weighted by Gasteiger charge is -2.02. The van der Waals surface area contributed by atoms with Gasteiger partial charge >= 0.3 is 0 Å². The zero-order valence-electron chi connectivity index (χ0n) is 14.6. The highest BCUT2D eigenvalue weighted by Crippen LogP contribution is 2.13. The van der Waals surface area contributed by atoms with Gasteiger partial charge in [-0.05, 0) is 73.1 Å². The van der Waals surface area contributed by atoms with Gasteiger partial charge in [0, 0.05) is 5.33 Å². The normalized spacial score (nSPS) is 13.5. The van der Waals surface area contributed by atoms with Crippen LogP contribution in [-0.2, 0) is 0 Å². The van der Waals surface area contributed by atoms with Crippen molar-refractivity contribution in [2.24, 2.45) is 0 Å². The van der Waals surface area contributed by atoms with Crippen molar-refractivity contribution < 1.29 is 0 Å². The first-order valence-corrected chi connectivity index (χ1v) is 9.24. The number of rotatable bonds is 10. The Balaban J connectivity index is 3.93. The van der Waals surface area contributed by atoms with Gasteiger partial charge in [0.05, 0.1) is 0 Å². The third-order valence-corrected chi connectivity index (χ3v) is 3.90. The molecule has 0 aliphatic rings. The largest absolute Gasteiger partial charge is 0.0883 e. The van der Waals surface area contributed by atoms with Gasteiger partial charge < -0.3 is 0 Å². The van der Waals surface area contributed by atoms with Crippen molar-refractivity contribution in [2.45, 2.75) is 73.1 Å². The van der Waals surface area contributed by atoms with Crippen molar-refractivity contribution in [3.8, 4) is 0 Å². The van der Waals surface area contributed by atoms with Crippen molar-refractivity contribution in [2.75, 3.05) is 5.33 Å². The number of hydrogen-bond acceptors (Lipinski definition) is 0. The van der Waals surface area contributed by atoms with E-state index in [0.29, 0.717) is 0 Å². The molecule has 0 radical (unpaired) electrons. The molecule has 0 fully saturated rings. The fourth-order valence-electron chi connectivity index (χ4n) is 2.12. The number of hydrogen-bond donors (Lipinski definition) is 0. The molecule has 0 aliphatic carbocycles. The lowest BCUT2D eigenvalue weighted by Crippen LogP contribution is -1.82. The standard InChI is InChI=1S/C20H33Br/c1-17(2)9-6-10-18(3)11-7-12-19(4)13-8-14-20(5)15-16-21/h9,11,13,15H,6-8,10,12,14,16H2,1-5H3. The van der Waals surface area contributed by atoms with E-state index in [9.17, 15) is 0 Å². The number of halogens is 1. The summed E-state index contributed by atoms with van der Waals surface area (Å²) in [6.45, 7) is 11.1. The van der Waals surface area contributed by atoms with Gasteiger partial charge in [0.1, 0.15) is 0 Å². The minimum Gasteiger partial charge on any atom is -0.0883 e. The van der Waals surface area contributed by atoms with Crippen LogP contribution in [-0.4, -0.2) is 5.33 Å². The quantitative estimate of drug-likeness (QED) is 0.281. The summed E-state index contributed by atoms with van der Waals surface area (Å²) in [5.74, 6) is 0.